The van der Waals surface area contributed by atoms with E-state index in [2.05, 4.69) is 30.7 Å². The molecule has 2 heterocycles. The van der Waals surface area contributed by atoms with Crippen molar-refractivity contribution in [2.45, 2.75) is 0 Å². The van der Waals surface area contributed by atoms with E-state index in [0.717, 1.165) is 32.8 Å². The first-order valence-electron chi connectivity index (χ1n) is 9.59. The van der Waals surface area contributed by atoms with Crippen molar-refractivity contribution in [1.29, 1.82) is 0 Å². The zero-order valence-corrected chi connectivity index (χ0v) is 16.9. The van der Waals surface area contributed by atoms with E-state index < -0.39 is 0 Å². The molecule has 0 fully saturated rings. The fourth-order valence-electron chi connectivity index (χ4n) is 3.55. The number of aromatic nitrogens is 4. The van der Waals surface area contributed by atoms with Crippen LogP contribution in [-0.2, 0) is 0 Å². The van der Waals surface area contributed by atoms with Crippen LogP contribution in [0.25, 0.3) is 32.7 Å². The summed E-state index contributed by atoms with van der Waals surface area (Å²) < 4.78 is 10.6. The van der Waals surface area contributed by atoms with E-state index in [-0.39, 0.29) is 0 Å². The number of benzene rings is 3. The normalized spacial score (nSPS) is 11.4. The van der Waals surface area contributed by atoms with E-state index in [1.807, 2.05) is 54.6 Å². The molecule has 8 heteroatoms. The highest BCUT2D eigenvalue weighted by Crippen LogP contribution is 2.31. The van der Waals surface area contributed by atoms with Gasteiger partial charge in [0.1, 0.15) is 11.0 Å². The van der Waals surface area contributed by atoms with Crippen LogP contribution in [-0.4, -0.2) is 40.6 Å². The average Bonchev–Trinajstić information content (AvgIpc) is 2.84. The molecule has 0 saturated heterocycles. The molecule has 5 aromatic rings. The van der Waals surface area contributed by atoms with Gasteiger partial charge in [-0.05, 0) is 35.9 Å². The molecule has 1 N–H and O–H groups in total. The van der Waals surface area contributed by atoms with E-state index in [4.69, 9.17) is 9.47 Å². The Balaban J connectivity index is 1.53. The van der Waals surface area contributed by atoms with Gasteiger partial charge < -0.3 is 9.47 Å². The van der Waals surface area contributed by atoms with Gasteiger partial charge in [-0.25, -0.2) is 10.4 Å². The van der Waals surface area contributed by atoms with Crippen LogP contribution >= 0.6 is 0 Å². The lowest BCUT2D eigenvalue weighted by atomic mass is 10.0. The summed E-state index contributed by atoms with van der Waals surface area (Å²) in [6.45, 7) is 0. The van der Waals surface area contributed by atoms with Crippen molar-refractivity contribution in [3.05, 3.63) is 66.4 Å². The number of anilines is 1. The molecule has 0 aliphatic heterocycles. The van der Waals surface area contributed by atoms with Crippen molar-refractivity contribution in [3.8, 4) is 11.5 Å². The Labute approximate surface area is 177 Å². The van der Waals surface area contributed by atoms with E-state index in [1.165, 1.54) is 0 Å². The Hall–Kier alpha value is -4.33. The van der Waals surface area contributed by atoms with Gasteiger partial charge in [0.05, 0.1) is 26.0 Å². The van der Waals surface area contributed by atoms with Gasteiger partial charge >= 0.3 is 0 Å². The minimum atomic E-state index is 0.303. The zero-order valence-electron chi connectivity index (χ0n) is 16.9. The summed E-state index contributed by atoms with van der Waals surface area (Å²) in [6, 6.07) is 17.4. The van der Waals surface area contributed by atoms with Crippen LogP contribution < -0.4 is 14.9 Å². The third kappa shape index (κ3) is 3.33. The Morgan fingerprint density at radius 1 is 0.806 bits per heavy atom. The van der Waals surface area contributed by atoms with E-state index >= 15 is 0 Å². The van der Waals surface area contributed by atoms with Crippen molar-refractivity contribution in [2.24, 2.45) is 5.10 Å². The molecule has 0 aliphatic rings. The second kappa shape index (κ2) is 7.83. The van der Waals surface area contributed by atoms with E-state index in [0.29, 0.717) is 23.0 Å². The molecule has 0 atom stereocenters. The number of nitrogens with zero attached hydrogens (tertiary/aromatic N) is 5. The maximum atomic E-state index is 5.32. The third-order valence-corrected chi connectivity index (χ3v) is 4.97. The molecule has 2 aromatic heterocycles. The highest BCUT2D eigenvalue weighted by Gasteiger charge is 2.12. The fraction of sp³-hybridized carbons (Fsp3) is 0.0870. The molecule has 152 valence electrons. The molecule has 0 radical (unpaired) electrons. The van der Waals surface area contributed by atoms with Gasteiger partial charge in [0.25, 0.3) is 5.95 Å². The molecule has 5 rings (SSSR count). The number of hydrogen-bond acceptors (Lipinski definition) is 8. The number of pyridine rings is 1. The van der Waals surface area contributed by atoms with Gasteiger partial charge in [-0.3, -0.25) is 4.98 Å². The van der Waals surface area contributed by atoms with Gasteiger partial charge in [-0.2, -0.15) is 5.10 Å². The first kappa shape index (κ1) is 18.7. The second-order valence-corrected chi connectivity index (χ2v) is 6.76. The van der Waals surface area contributed by atoms with Crippen LogP contribution in [0.2, 0.25) is 0 Å². The van der Waals surface area contributed by atoms with Crippen LogP contribution in [0.3, 0.4) is 0 Å². The molecule has 0 aliphatic carbocycles. The molecule has 31 heavy (non-hydrogen) atoms. The summed E-state index contributed by atoms with van der Waals surface area (Å²) in [5.74, 6) is 1.59. The van der Waals surface area contributed by atoms with Gasteiger partial charge in [0.15, 0.2) is 11.5 Å². The maximum Gasteiger partial charge on any atom is 0.263 e. The number of methoxy groups -OCH3 is 2. The van der Waals surface area contributed by atoms with Crippen LogP contribution in [0.1, 0.15) is 5.56 Å². The second-order valence-electron chi connectivity index (χ2n) is 6.76. The quantitative estimate of drug-likeness (QED) is 0.264. The number of ether oxygens (including phenoxy) is 2. The van der Waals surface area contributed by atoms with Crippen molar-refractivity contribution < 1.29 is 9.47 Å². The Bertz CT molecular complexity index is 1420. The summed E-state index contributed by atoms with van der Waals surface area (Å²) in [5.41, 5.74) is 6.03. The van der Waals surface area contributed by atoms with Crippen molar-refractivity contribution in [3.63, 3.8) is 0 Å². The molecular formula is C23H18N6O2. The summed E-state index contributed by atoms with van der Waals surface area (Å²) >= 11 is 0. The van der Waals surface area contributed by atoms with Crippen molar-refractivity contribution in [2.75, 3.05) is 19.6 Å². The number of rotatable bonds is 5. The lowest BCUT2D eigenvalue weighted by Crippen LogP contribution is -2.01. The Morgan fingerprint density at radius 3 is 2.39 bits per heavy atom. The molecular weight excluding hydrogens is 392 g/mol. The SMILES string of the molecule is COc1ccc(/C=N/Nc2nnc3c4cccnc4c4ccccc4c3n2)cc1OC. The standard InChI is InChI=1S/C23H18N6O2/c1-30-18-10-9-14(12-19(18)31-2)13-25-28-23-26-21-16-7-4-3-6-15(16)20-17(8-5-11-24-20)22(21)27-29-23/h3-13H,1-2H3,(H,26,28,29)/b25-13+. The molecule has 8 nitrogen and oxygen atoms in total. The molecule has 0 saturated carbocycles. The smallest absolute Gasteiger partial charge is 0.263 e. The molecule has 0 spiro atoms. The predicted octanol–water partition coefficient (Wildman–Crippen LogP) is 4.19. The van der Waals surface area contributed by atoms with Crippen molar-refractivity contribution >= 4 is 44.9 Å². The molecule has 0 bridgehead atoms. The molecule has 3 aromatic carbocycles. The van der Waals surface area contributed by atoms with Gasteiger partial charge in [-0.1, -0.05) is 24.3 Å². The minimum Gasteiger partial charge on any atom is -0.493 e. The average molecular weight is 410 g/mol. The minimum absolute atomic E-state index is 0.303. The summed E-state index contributed by atoms with van der Waals surface area (Å²) in [7, 11) is 3.19. The Morgan fingerprint density at radius 2 is 1.58 bits per heavy atom. The number of hydrogen-bond donors (Lipinski definition) is 1. The zero-order chi connectivity index (χ0) is 21.2. The number of hydrazone groups is 1. The largest absolute Gasteiger partial charge is 0.493 e. The van der Waals surface area contributed by atoms with Crippen LogP contribution in [0.15, 0.2) is 65.9 Å². The maximum absolute atomic E-state index is 5.32. The monoisotopic (exact) mass is 410 g/mol. The van der Waals surface area contributed by atoms with E-state index in [9.17, 15) is 0 Å². The van der Waals surface area contributed by atoms with Crippen LogP contribution in [0.5, 0.6) is 11.5 Å². The first-order valence-corrected chi connectivity index (χ1v) is 9.59. The highest BCUT2D eigenvalue weighted by atomic mass is 16.5. The van der Waals surface area contributed by atoms with Crippen LogP contribution in [0, 0.1) is 0 Å². The van der Waals surface area contributed by atoms with Gasteiger partial charge in [-0.15, -0.1) is 10.2 Å². The van der Waals surface area contributed by atoms with E-state index in [1.54, 1.807) is 26.6 Å². The van der Waals surface area contributed by atoms with Gasteiger partial charge in [0, 0.05) is 22.4 Å². The summed E-state index contributed by atoms with van der Waals surface area (Å²) in [4.78, 5) is 9.21. The topological polar surface area (TPSA) is 94.4 Å². The van der Waals surface area contributed by atoms with Crippen molar-refractivity contribution in [1.82, 2.24) is 20.2 Å². The number of fused-ring (bicyclic) bond motifs is 6. The molecule has 0 amide bonds. The fourth-order valence-corrected chi connectivity index (χ4v) is 3.55. The molecule has 0 unspecified atom stereocenters. The van der Waals surface area contributed by atoms with Crippen LogP contribution in [0.4, 0.5) is 5.95 Å². The third-order valence-electron chi connectivity index (χ3n) is 4.97. The highest BCUT2D eigenvalue weighted by molar-refractivity contribution is 6.21. The van der Waals surface area contributed by atoms with Gasteiger partial charge in [0.2, 0.25) is 0 Å². The summed E-state index contributed by atoms with van der Waals surface area (Å²) in [6.07, 6.45) is 3.43. The number of nitrogens with one attached hydrogen (secondary N) is 1. The Kier molecular flexibility index (Phi) is 4.72. The predicted molar refractivity (Wildman–Crippen MR) is 121 cm³/mol. The first-order chi connectivity index (χ1) is 15.3. The lowest BCUT2D eigenvalue weighted by molar-refractivity contribution is 0.355. The lowest BCUT2D eigenvalue weighted by Gasteiger charge is -2.08. The summed E-state index contributed by atoms with van der Waals surface area (Å²) in [5, 5.41) is 15.7.